The molecule has 4 heterocycles. The molecule has 0 saturated heterocycles. The number of aryl methyl sites for hydroxylation is 1. The maximum absolute atomic E-state index is 4.86. The molecule has 4 aromatic heterocycles. The van der Waals surface area contributed by atoms with Gasteiger partial charge >= 0.3 is 0 Å². The third kappa shape index (κ3) is 3.48. The molecule has 0 saturated carbocycles. The molecule has 5 heteroatoms. The van der Waals surface area contributed by atoms with Crippen LogP contribution in [-0.4, -0.2) is 9.97 Å². The van der Waals surface area contributed by atoms with E-state index in [2.05, 4.69) is 77.9 Å². The molecule has 0 bridgehead atoms. The first-order chi connectivity index (χ1) is 16.2. The topological polar surface area (TPSA) is 25.8 Å². The van der Waals surface area contributed by atoms with E-state index in [4.69, 9.17) is 9.97 Å². The van der Waals surface area contributed by atoms with E-state index in [0.29, 0.717) is 5.92 Å². The monoisotopic (exact) mass is 500 g/mol. The number of hydrogen-bond acceptors (Lipinski definition) is 5. The summed E-state index contributed by atoms with van der Waals surface area (Å²) in [5.41, 5.74) is 6.19. The molecule has 34 heavy (non-hydrogen) atoms. The molecule has 6 aromatic rings. The summed E-state index contributed by atoms with van der Waals surface area (Å²) in [6.07, 6.45) is 2.83. The van der Waals surface area contributed by atoms with Gasteiger partial charge in [-0.25, -0.2) is 9.97 Å². The van der Waals surface area contributed by atoms with Gasteiger partial charge in [-0.2, -0.15) is 0 Å². The fraction of sp³-hybridized carbons (Fsp3) is 0.310. The number of fused-ring (bicyclic) bond motifs is 6. The Hall–Kier alpha value is -2.34. The highest BCUT2D eigenvalue weighted by Crippen LogP contribution is 2.47. The second-order valence-corrected chi connectivity index (χ2v) is 14.3. The summed E-state index contributed by atoms with van der Waals surface area (Å²) in [6.45, 7) is 13.7. The van der Waals surface area contributed by atoms with Crippen molar-refractivity contribution < 1.29 is 0 Å². The van der Waals surface area contributed by atoms with Crippen LogP contribution in [0.2, 0.25) is 0 Å². The van der Waals surface area contributed by atoms with Gasteiger partial charge in [0.1, 0.15) is 6.33 Å². The van der Waals surface area contributed by atoms with E-state index in [1.54, 1.807) is 6.33 Å². The van der Waals surface area contributed by atoms with Crippen molar-refractivity contribution in [1.82, 2.24) is 9.97 Å². The first-order valence-electron chi connectivity index (χ1n) is 11.8. The maximum Gasteiger partial charge on any atom is 0.116 e. The molecule has 0 fully saturated rings. The predicted molar refractivity (Wildman–Crippen MR) is 153 cm³/mol. The Morgan fingerprint density at radius 3 is 2.50 bits per heavy atom. The Labute approximate surface area is 212 Å². The average molecular weight is 501 g/mol. The molecular weight excluding hydrogens is 473 g/mol. The molecule has 0 aliphatic carbocycles. The van der Waals surface area contributed by atoms with Crippen LogP contribution < -0.4 is 0 Å². The number of hydrogen-bond donors (Lipinski definition) is 0. The quantitative estimate of drug-likeness (QED) is 0.242. The average Bonchev–Trinajstić information content (AvgIpc) is 3.42. The molecular formula is C29H28N2S3. The second-order valence-electron chi connectivity index (χ2n) is 10.7. The fourth-order valence-corrected chi connectivity index (χ4v) is 8.84. The summed E-state index contributed by atoms with van der Waals surface area (Å²) < 4.78 is 5.33. The van der Waals surface area contributed by atoms with Gasteiger partial charge in [0.05, 0.1) is 19.9 Å². The normalized spacial score (nSPS) is 12.8. The van der Waals surface area contributed by atoms with Crippen molar-refractivity contribution in [3.63, 3.8) is 0 Å². The highest BCUT2D eigenvalue weighted by Gasteiger charge is 2.24. The van der Waals surface area contributed by atoms with Crippen LogP contribution in [0.25, 0.3) is 51.0 Å². The van der Waals surface area contributed by atoms with Gasteiger partial charge in [-0.3, -0.25) is 0 Å². The third-order valence-electron chi connectivity index (χ3n) is 6.46. The van der Waals surface area contributed by atoms with Crippen LogP contribution in [0.5, 0.6) is 0 Å². The molecule has 0 N–H and O–H groups in total. The number of aromatic nitrogens is 2. The molecule has 0 unspecified atom stereocenters. The van der Waals surface area contributed by atoms with Crippen LogP contribution in [0.15, 0.2) is 42.7 Å². The van der Waals surface area contributed by atoms with Gasteiger partial charge in [-0.05, 0) is 54.0 Å². The van der Waals surface area contributed by atoms with Crippen LogP contribution in [0, 0.1) is 12.8 Å². The van der Waals surface area contributed by atoms with Crippen molar-refractivity contribution in [2.45, 2.75) is 53.4 Å². The minimum Gasteiger partial charge on any atom is -0.235 e. The number of thiophene rings is 3. The number of benzene rings is 2. The number of nitrogens with zero attached hydrogens (tertiary/aromatic N) is 2. The molecule has 172 valence electrons. The van der Waals surface area contributed by atoms with Gasteiger partial charge in [0, 0.05) is 36.0 Å². The van der Waals surface area contributed by atoms with E-state index in [1.807, 2.05) is 34.0 Å². The van der Waals surface area contributed by atoms with E-state index in [1.165, 1.54) is 55.8 Å². The van der Waals surface area contributed by atoms with Crippen molar-refractivity contribution in [3.05, 3.63) is 58.7 Å². The molecule has 0 atom stereocenters. The van der Waals surface area contributed by atoms with E-state index in [9.17, 15) is 0 Å². The predicted octanol–water partition coefficient (Wildman–Crippen LogP) is 9.75. The maximum atomic E-state index is 4.86. The molecule has 6 rings (SSSR count). The molecule has 2 nitrogen and oxygen atoms in total. The number of rotatable bonds is 3. The summed E-state index contributed by atoms with van der Waals surface area (Å²) in [7, 11) is 0. The van der Waals surface area contributed by atoms with Crippen LogP contribution in [0.1, 0.15) is 50.6 Å². The highest BCUT2D eigenvalue weighted by molar-refractivity contribution is 7.41. The Balaban J connectivity index is 1.65. The van der Waals surface area contributed by atoms with Crippen LogP contribution in [-0.2, 0) is 11.8 Å². The largest absolute Gasteiger partial charge is 0.235 e. The fourth-order valence-electron chi connectivity index (χ4n) is 5.01. The minimum absolute atomic E-state index is 0.0366. The van der Waals surface area contributed by atoms with E-state index < -0.39 is 0 Å². The SMILES string of the molecule is Cc1cc2c(s1)sc1cc(-c3ncnc4c3sc3c(CC(C)C)cccc34)cc(C(C)(C)C)c12. The highest BCUT2D eigenvalue weighted by atomic mass is 32.2. The van der Waals surface area contributed by atoms with Crippen molar-refractivity contribution in [2.75, 3.05) is 0 Å². The van der Waals surface area contributed by atoms with Crippen LogP contribution in [0.4, 0.5) is 0 Å². The lowest BCUT2D eigenvalue weighted by Gasteiger charge is -2.22. The van der Waals surface area contributed by atoms with Crippen LogP contribution in [0.3, 0.4) is 0 Å². The molecule has 0 spiro atoms. The Bertz CT molecular complexity index is 1710. The first-order valence-corrected chi connectivity index (χ1v) is 14.3. The Kier molecular flexibility index (Phi) is 5.11. The van der Waals surface area contributed by atoms with E-state index in [-0.39, 0.29) is 5.41 Å². The van der Waals surface area contributed by atoms with Crippen molar-refractivity contribution in [3.8, 4) is 11.3 Å². The van der Waals surface area contributed by atoms with Crippen molar-refractivity contribution in [2.24, 2.45) is 5.92 Å². The van der Waals surface area contributed by atoms with Crippen LogP contribution >= 0.6 is 34.0 Å². The van der Waals surface area contributed by atoms with Gasteiger partial charge < -0.3 is 0 Å². The van der Waals surface area contributed by atoms with Gasteiger partial charge in [-0.1, -0.05) is 52.8 Å². The Morgan fingerprint density at radius 1 is 0.912 bits per heavy atom. The molecule has 2 aromatic carbocycles. The van der Waals surface area contributed by atoms with Crippen molar-refractivity contribution in [1.29, 1.82) is 0 Å². The third-order valence-corrected chi connectivity index (χ3v) is 10.0. The molecule has 0 amide bonds. The van der Waals surface area contributed by atoms with E-state index >= 15 is 0 Å². The lowest BCUT2D eigenvalue weighted by atomic mass is 9.83. The minimum atomic E-state index is 0.0366. The molecule has 0 aliphatic heterocycles. The zero-order chi connectivity index (χ0) is 23.8. The van der Waals surface area contributed by atoms with Gasteiger partial charge in [0.25, 0.3) is 0 Å². The lowest BCUT2D eigenvalue weighted by Crippen LogP contribution is -2.11. The molecule has 0 radical (unpaired) electrons. The Morgan fingerprint density at radius 2 is 1.74 bits per heavy atom. The summed E-state index contributed by atoms with van der Waals surface area (Å²) in [4.78, 5) is 11.0. The first kappa shape index (κ1) is 22.1. The summed E-state index contributed by atoms with van der Waals surface area (Å²) >= 11 is 5.69. The van der Waals surface area contributed by atoms with Gasteiger partial charge in [0.2, 0.25) is 0 Å². The second kappa shape index (κ2) is 7.84. The van der Waals surface area contributed by atoms with Crippen molar-refractivity contribution >= 4 is 73.8 Å². The summed E-state index contributed by atoms with van der Waals surface area (Å²) in [6, 6.07) is 13.8. The summed E-state index contributed by atoms with van der Waals surface area (Å²) in [5.74, 6) is 0.620. The smallest absolute Gasteiger partial charge is 0.116 e. The molecule has 0 aliphatic rings. The van der Waals surface area contributed by atoms with Gasteiger partial charge in [0.15, 0.2) is 0 Å². The van der Waals surface area contributed by atoms with E-state index in [0.717, 1.165) is 17.6 Å². The summed E-state index contributed by atoms with van der Waals surface area (Å²) in [5, 5.41) is 4.08. The lowest BCUT2D eigenvalue weighted by molar-refractivity contribution is 0.596. The zero-order valence-electron chi connectivity index (χ0n) is 20.4. The standard InChI is InChI=1S/C29H28N2S3/c1-15(2)10-17-8-7-9-19-25-27(34-26(17)19)24(30-14-31-25)18-12-21(29(4,5)6)23-20-11-16(3)32-28(20)33-22(23)13-18/h7-9,11-15H,10H2,1-6H3. The zero-order valence-corrected chi connectivity index (χ0v) is 22.9. The van der Waals surface area contributed by atoms with Gasteiger partial charge in [-0.15, -0.1) is 34.0 Å².